The van der Waals surface area contributed by atoms with Crippen molar-refractivity contribution in [2.24, 2.45) is 0 Å². The van der Waals surface area contributed by atoms with Gasteiger partial charge in [0.15, 0.2) is 6.10 Å². The minimum Gasteiger partial charge on any atom is -0.478 e. The zero-order valence-electron chi connectivity index (χ0n) is 13.6. The van der Waals surface area contributed by atoms with E-state index in [1.54, 1.807) is 19.2 Å². The molecule has 1 aliphatic rings. The van der Waals surface area contributed by atoms with Gasteiger partial charge in [-0.05, 0) is 24.6 Å². The molecule has 0 aliphatic carbocycles. The highest BCUT2D eigenvalue weighted by molar-refractivity contribution is 7.92. The number of nitrogens with one attached hydrogen (secondary N) is 1. The van der Waals surface area contributed by atoms with Crippen molar-refractivity contribution in [3.05, 3.63) is 23.2 Å². The second-order valence-corrected chi connectivity index (χ2v) is 7.82. The monoisotopic (exact) mass is 376 g/mol. The Labute approximate surface area is 146 Å². The van der Waals surface area contributed by atoms with Crippen LogP contribution >= 0.6 is 11.6 Å². The van der Waals surface area contributed by atoms with Gasteiger partial charge in [0, 0.05) is 38.2 Å². The summed E-state index contributed by atoms with van der Waals surface area (Å²) in [4.78, 5) is 12.3. The summed E-state index contributed by atoms with van der Waals surface area (Å²) in [7, 11) is -1.91. The fourth-order valence-corrected chi connectivity index (χ4v) is 3.53. The van der Waals surface area contributed by atoms with E-state index in [4.69, 9.17) is 21.1 Å². The summed E-state index contributed by atoms with van der Waals surface area (Å²) in [5.74, 6) is 0.0433. The number of hydrogen-bond donors (Lipinski definition) is 1. The Morgan fingerprint density at radius 2 is 2.25 bits per heavy atom. The highest BCUT2D eigenvalue weighted by Gasteiger charge is 2.31. The van der Waals surface area contributed by atoms with E-state index in [1.165, 1.54) is 10.4 Å². The quantitative estimate of drug-likeness (QED) is 0.759. The van der Waals surface area contributed by atoms with Gasteiger partial charge in [-0.3, -0.25) is 9.10 Å². The van der Waals surface area contributed by atoms with E-state index in [2.05, 4.69) is 5.32 Å². The number of rotatable bonds is 6. The van der Waals surface area contributed by atoms with Crippen LogP contribution in [0.3, 0.4) is 0 Å². The predicted molar refractivity (Wildman–Crippen MR) is 92.2 cm³/mol. The molecule has 24 heavy (non-hydrogen) atoms. The second kappa shape index (κ2) is 8.04. The first kappa shape index (κ1) is 18.8. The van der Waals surface area contributed by atoms with Crippen LogP contribution in [0.2, 0.25) is 5.02 Å². The van der Waals surface area contributed by atoms with Gasteiger partial charge in [0.25, 0.3) is 5.91 Å². The number of methoxy groups -OCH3 is 1. The molecule has 9 heteroatoms. The van der Waals surface area contributed by atoms with Gasteiger partial charge in [-0.25, -0.2) is 8.42 Å². The highest BCUT2D eigenvalue weighted by Crippen LogP contribution is 2.36. The largest absolute Gasteiger partial charge is 0.478 e. The van der Waals surface area contributed by atoms with E-state index in [0.29, 0.717) is 36.0 Å². The van der Waals surface area contributed by atoms with Crippen LogP contribution in [-0.4, -0.2) is 53.5 Å². The van der Waals surface area contributed by atoms with Crippen molar-refractivity contribution in [2.45, 2.75) is 18.9 Å². The number of ether oxygens (including phenoxy) is 2. The number of sulfonamides is 1. The Morgan fingerprint density at radius 3 is 2.92 bits per heavy atom. The normalized spacial score (nSPS) is 17.6. The lowest BCUT2D eigenvalue weighted by Gasteiger charge is -2.21. The number of benzene rings is 1. The minimum absolute atomic E-state index is 0.141. The summed E-state index contributed by atoms with van der Waals surface area (Å²) in [6.45, 7) is 1.16. The number of anilines is 1. The molecule has 0 unspecified atom stereocenters. The van der Waals surface area contributed by atoms with Crippen LogP contribution in [0.4, 0.5) is 5.69 Å². The van der Waals surface area contributed by atoms with E-state index < -0.39 is 16.1 Å². The van der Waals surface area contributed by atoms with E-state index >= 15 is 0 Å². The van der Waals surface area contributed by atoms with Gasteiger partial charge in [0.1, 0.15) is 5.75 Å². The van der Waals surface area contributed by atoms with Gasteiger partial charge in [-0.15, -0.1) is 0 Å². The fourth-order valence-electron chi connectivity index (χ4n) is 2.42. The Hall–Kier alpha value is -1.51. The predicted octanol–water partition coefficient (Wildman–Crippen LogP) is 1.41. The van der Waals surface area contributed by atoms with E-state index in [0.717, 1.165) is 6.26 Å². The van der Waals surface area contributed by atoms with Crippen molar-refractivity contribution >= 4 is 33.2 Å². The van der Waals surface area contributed by atoms with E-state index in [9.17, 15) is 13.2 Å². The maximum absolute atomic E-state index is 12.3. The summed E-state index contributed by atoms with van der Waals surface area (Å²) in [6.07, 6.45) is 1.29. The van der Waals surface area contributed by atoms with Crippen molar-refractivity contribution in [2.75, 3.05) is 37.4 Å². The van der Waals surface area contributed by atoms with Crippen molar-refractivity contribution in [3.63, 3.8) is 0 Å². The molecule has 134 valence electrons. The smallest absolute Gasteiger partial charge is 0.261 e. The van der Waals surface area contributed by atoms with Crippen LogP contribution in [0.15, 0.2) is 18.2 Å². The lowest BCUT2D eigenvalue weighted by Crippen LogP contribution is -2.40. The molecule has 0 fully saturated rings. The van der Waals surface area contributed by atoms with Crippen LogP contribution in [-0.2, 0) is 19.6 Å². The molecule has 0 spiro atoms. The van der Waals surface area contributed by atoms with Crippen LogP contribution < -0.4 is 14.4 Å². The van der Waals surface area contributed by atoms with E-state index in [-0.39, 0.29) is 18.9 Å². The number of nitrogens with zero attached hydrogens (tertiary/aromatic N) is 1. The minimum atomic E-state index is -3.51. The third kappa shape index (κ3) is 4.75. The molecule has 1 aromatic rings. The summed E-state index contributed by atoms with van der Waals surface area (Å²) in [6, 6.07) is 4.70. The van der Waals surface area contributed by atoms with Gasteiger partial charge in [-0.2, -0.15) is 0 Å². The molecule has 7 nitrogen and oxygen atoms in total. The molecule has 0 saturated heterocycles. The van der Waals surface area contributed by atoms with E-state index in [1.807, 2.05) is 0 Å². The lowest BCUT2D eigenvalue weighted by molar-refractivity contribution is -0.128. The molecule has 0 radical (unpaired) electrons. The molecule has 1 atom stereocenters. The average molecular weight is 377 g/mol. The summed E-state index contributed by atoms with van der Waals surface area (Å²) in [5, 5.41) is 3.17. The molecule has 1 aromatic carbocycles. The number of halogens is 1. The summed E-state index contributed by atoms with van der Waals surface area (Å²) >= 11 is 5.97. The number of hydrogen-bond acceptors (Lipinski definition) is 5. The standard InChI is InChI=1S/C15H21ClN2O5S/c1-22-9-3-7-17-15(19)14-6-8-18(24(2,20)21)12-10-11(16)4-5-13(12)23-14/h4-5,10,14H,3,6-9H2,1-2H3,(H,17,19)/t14-/m0/s1. The second-order valence-electron chi connectivity index (χ2n) is 5.48. The van der Waals surface area contributed by atoms with Crippen LogP contribution in [0.5, 0.6) is 5.75 Å². The Bertz CT molecular complexity index is 695. The van der Waals surface area contributed by atoms with Gasteiger partial charge in [0.05, 0.1) is 11.9 Å². The molecule has 0 bridgehead atoms. The van der Waals surface area contributed by atoms with Gasteiger partial charge in [0.2, 0.25) is 10.0 Å². The maximum Gasteiger partial charge on any atom is 0.261 e. The molecule has 1 N–H and O–H groups in total. The zero-order valence-corrected chi connectivity index (χ0v) is 15.2. The average Bonchev–Trinajstić information content (AvgIpc) is 2.70. The number of carbonyl (C=O) groups excluding carboxylic acids is 1. The number of carbonyl (C=O) groups is 1. The van der Waals surface area contributed by atoms with Crippen molar-refractivity contribution < 1.29 is 22.7 Å². The molecule has 1 amide bonds. The van der Waals surface area contributed by atoms with Crippen LogP contribution in [0.1, 0.15) is 12.8 Å². The topological polar surface area (TPSA) is 84.9 Å². The SMILES string of the molecule is COCCCNC(=O)[C@@H]1CCN(S(C)(=O)=O)c2cc(Cl)ccc2O1. The Kier molecular flexibility index (Phi) is 6.31. The maximum atomic E-state index is 12.3. The molecule has 0 aromatic heterocycles. The van der Waals surface area contributed by atoms with Gasteiger partial charge >= 0.3 is 0 Å². The first-order chi connectivity index (χ1) is 11.3. The Morgan fingerprint density at radius 1 is 1.50 bits per heavy atom. The molecular weight excluding hydrogens is 356 g/mol. The highest BCUT2D eigenvalue weighted by atomic mass is 35.5. The molecule has 2 rings (SSSR count). The Balaban J connectivity index is 2.18. The third-order valence-corrected chi connectivity index (χ3v) is 4.99. The molecule has 1 aliphatic heterocycles. The first-order valence-corrected chi connectivity index (χ1v) is 9.76. The van der Waals surface area contributed by atoms with Gasteiger partial charge in [-0.1, -0.05) is 11.6 Å². The molecule has 0 saturated carbocycles. The molecule has 1 heterocycles. The summed E-state index contributed by atoms with van der Waals surface area (Å²) < 4.78 is 36.0. The summed E-state index contributed by atoms with van der Waals surface area (Å²) in [5.41, 5.74) is 0.347. The van der Waals surface area contributed by atoms with Crippen molar-refractivity contribution in [1.82, 2.24) is 5.32 Å². The van der Waals surface area contributed by atoms with Crippen LogP contribution in [0.25, 0.3) is 0 Å². The number of amides is 1. The van der Waals surface area contributed by atoms with Gasteiger partial charge < -0.3 is 14.8 Å². The number of fused-ring (bicyclic) bond motifs is 1. The van der Waals surface area contributed by atoms with Crippen molar-refractivity contribution in [3.8, 4) is 5.75 Å². The van der Waals surface area contributed by atoms with Crippen molar-refractivity contribution in [1.29, 1.82) is 0 Å². The zero-order chi connectivity index (χ0) is 17.7. The molecular formula is C15H21ClN2O5S. The third-order valence-electron chi connectivity index (χ3n) is 3.57. The van der Waals surface area contributed by atoms with Crippen LogP contribution in [0, 0.1) is 0 Å². The first-order valence-electron chi connectivity index (χ1n) is 7.53. The fraction of sp³-hybridized carbons (Fsp3) is 0.533. The lowest BCUT2D eigenvalue weighted by atomic mass is 10.2.